The number of hydrogen-bond donors (Lipinski definition) is 0. The molecule has 0 bridgehead atoms. The molecular formula is C26H29ClN2O4. The van der Waals surface area contributed by atoms with Crippen LogP contribution in [0, 0.1) is 0 Å². The number of ether oxygens (including phenoxy) is 1. The predicted molar refractivity (Wildman–Crippen MR) is 128 cm³/mol. The van der Waals surface area contributed by atoms with Gasteiger partial charge in [-0.15, -0.1) is 11.6 Å². The standard InChI is InChI=1S/C26H29ClN2O4/c1-32-16-9-15-28(26(31)25(27)22-12-6-3-7-13-22)20-24(30)29(19-23-14-8-17-33-23)18-21-10-4-2-5-11-21/h2-8,10-14,17,25H,9,15-16,18-20H2,1H3. The number of methoxy groups -OCH3 is 1. The van der Waals surface area contributed by atoms with Crippen LogP contribution in [0.3, 0.4) is 0 Å². The molecular weight excluding hydrogens is 440 g/mol. The Morgan fingerprint density at radius 2 is 1.64 bits per heavy atom. The molecule has 33 heavy (non-hydrogen) atoms. The van der Waals surface area contributed by atoms with Crippen LogP contribution in [0.15, 0.2) is 83.5 Å². The van der Waals surface area contributed by atoms with Crippen LogP contribution in [0.25, 0.3) is 0 Å². The first-order valence-corrected chi connectivity index (χ1v) is 11.3. The minimum absolute atomic E-state index is 0.0772. The van der Waals surface area contributed by atoms with E-state index in [0.717, 1.165) is 5.56 Å². The fraction of sp³-hybridized carbons (Fsp3) is 0.308. The van der Waals surface area contributed by atoms with E-state index in [-0.39, 0.29) is 18.4 Å². The van der Waals surface area contributed by atoms with Crippen LogP contribution < -0.4 is 0 Å². The molecule has 0 spiro atoms. The van der Waals surface area contributed by atoms with E-state index in [9.17, 15) is 9.59 Å². The second-order valence-corrected chi connectivity index (χ2v) is 8.13. The van der Waals surface area contributed by atoms with Gasteiger partial charge in [-0.25, -0.2) is 0 Å². The molecule has 6 nitrogen and oxygen atoms in total. The normalized spacial score (nSPS) is 11.7. The number of benzene rings is 2. The highest BCUT2D eigenvalue weighted by Gasteiger charge is 2.27. The lowest BCUT2D eigenvalue weighted by molar-refractivity contribution is -0.141. The fourth-order valence-electron chi connectivity index (χ4n) is 3.48. The summed E-state index contributed by atoms with van der Waals surface area (Å²) in [5.74, 6) is 0.193. The Hall–Kier alpha value is -3.09. The lowest BCUT2D eigenvalue weighted by atomic mass is 10.1. The Bertz CT molecular complexity index is 980. The van der Waals surface area contributed by atoms with E-state index in [2.05, 4.69) is 0 Å². The van der Waals surface area contributed by atoms with Gasteiger partial charge in [-0.1, -0.05) is 60.7 Å². The van der Waals surface area contributed by atoms with Gasteiger partial charge < -0.3 is 19.0 Å². The predicted octanol–water partition coefficient (Wildman–Crippen LogP) is 4.65. The fourth-order valence-corrected chi connectivity index (χ4v) is 3.77. The van der Waals surface area contributed by atoms with Crippen molar-refractivity contribution in [1.82, 2.24) is 9.80 Å². The van der Waals surface area contributed by atoms with Gasteiger partial charge in [0.2, 0.25) is 11.8 Å². The van der Waals surface area contributed by atoms with Gasteiger partial charge in [0.1, 0.15) is 11.1 Å². The molecule has 0 aliphatic heterocycles. The summed E-state index contributed by atoms with van der Waals surface area (Å²) >= 11 is 6.51. The first-order valence-electron chi connectivity index (χ1n) is 10.9. The van der Waals surface area contributed by atoms with Crippen LogP contribution in [-0.4, -0.2) is 48.4 Å². The van der Waals surface area contributed by atoms with Crippen molar-refractivity contribution in [3.8, 4) is 0 Å². The summed E-state index contributed by atoms with van der Waals surface area (Å²) in [6, 6.07) is 22.5. The SMILES string of the molecule is COCCCN(CC(=O)N(Cc1ccccc1)Cc1ccco1)C(=O)C(Cl)c1ccccc1. The number of rotatable bonds is 12. The molecule has 0 saturated carbocycles. The highest BCUT2D eigenvalue weighted by Crippen LogP contribution is 2.23. The Kier molecular flexibility index (Phi) is 9.54. The summed E-state index contributed by atoms with van der Waals surface area (Å²) < 4.78 is 10.6. The van der Waals surface area contributed by atoms with Gasteiger partial charge in [0.05, 0.1) is 19.4 Å². The van der Waals surface area contributed by atoms with Crippen molar-refractivity contribution in [2.24, 2.45) is 0 Å². The van der Waals surface area contributed by atoms with Gasteiger partial charge in [0.25, 0.3) is 0 Å². The van der Waals surface area contributed by atoms with E-state index in [0.29, 0.717) is 44.0 Å². The van der Waals surface area contributed by atoms with Gasteiger partial charge >= 0.3 is 0 Å². The number of hydrogen-bond acceptors (Lipinski definition) is 4. The summed E-state index contributed by atoms with van der Waals surface area (Å²) in [5.41, 5.74) is 1.69. The van der Waals surface area contributed by atoms with Gasteiger partial charge in [0.15, 0.2) is 0 Å². The molecule has 7 heteroatoms. The summed E-state index contributed by atoms with van der Waals surface area (Å²) in [6.45, 7) is 1.49. The minimum atomic E-state index is -0.866. The zero-order valence-electron chi connectivity index (χ0n) is 18.7. The maximum atomic E-state index is 13.4. The molecule has 1 atom stereocenters. The van der Waals surface area contributed by atoms with E-state index in [1.807, 2.05) is 66.7 Å². The van der Waals surface area contributed by atoms with Crippen LogP contribution in [0.1, 0.15) is 28.7 Å². The topological polar surface area (TPSA) is 63.0 Å². The van der Waals surface area contributed by atoms with Crippen LogP contribution in [0.4, 0.5) is 0 Å². The van der Waals surface area contributed by atoms with Crippen molar-refractivity contribution < 1.29 is 18.7 Å². The second kappa shape index (κ2) is 12.8. The zero-order valence-corrected chi connectivity index (χ0v) is 19.5. The number of furan rings is 1. The van der Waals surface area contributed by atoms with Gasteiger partial charge in [0, 0.05) is 26.8 Å². The van der Waals surface area contributed by atoms with Crippen molar-refractivity contribution in [3.05, 3.63) is 95.9 Å². The lowest BCUT2D eigenvalue weighted by Gasteiger charge is -2.28. The smallest absolute Gasteiger partial charge is 0.245 e. The zero-order chi connectivity index (χ0) is 23.5. The number of halogens is 1. The maximum Gasteiger partial charge on any atom is 0.245 e. The van der Waals surface area contributed by atoms with Crippen molar-refractivity contribution in [1.29, 1.82) is 0 Å². The average Bonchev–Trinajstić information content (AvgIpc) is 3.36. The van der Waals surface area contributed by atoms with Crippen molar-refractivity contribution in [2.75, 3.05) is 26.8 Å². The Morgan fingerprint density at radius 3 is 2.27 bits per heavy atom. The van der Waals surface area contributed by atoms with E-state index in [1.54, 1.807) is 24.3 Å². The number of carbonyl (C=O) groups is 2. The molecule has 0 aliphatic carbocycles. The molecule has 1 heterocycles. The molecule has 1 unspecified atom stereocenters. The number of alkyl halides is 1. The van der Waals surface area contributed by atoms with Gasteiger partial charge in [-0.3, -0.25) is 9.59 Å². The molecule has 3 aromatic rings. The third kappa shape index (κ3) is 7.48. The first-order chi connectivity index (χ1) is 16.1. The number of nitrogens with zero attached hydrogens (tertiary/aromatic N) is 2. The Balaban J connectivity index is 1.76. The molecule has 0 saturated heterocycles. The average molecular weight is 469 g/mol. The van der Waals surface area contributed by atoms with Crippen LogP contribution in [0.2, 0.25) is 0 Å². The maximum absolute atomic E-state index is 13.4. The third-order valence-electron chi connectivity index (χ3n) is 5.22. The molecule has 0 fully saturated rings. The molecule has 0 aliphatic rings. The second-order valence-electron chi connectivity index (χ2n) is 7.69. The molecule has 0 N–H and O–H groups in total. The Labute approximate surface area is 199 Å². The van der Waals surface area contributed by atoms with Crippen molar-refractivity contribution in [2.45, 2.75) is 24.9 Å². The lowest BCUT2D eigenvalue weighted by Crippen LogP contribution is -2.44. The van der Waals surface area contributed by atoms with E-state index < -0.39 is 5.38 Å². The molecule has 174 valence electrons. The number of carbonyl (C=O) groups excluding carboxylic acids is 2. The molecule has 3 rings (SSSR count). The molecule has 1 aromatic heterocycles. The summed E-state index contributed by atoms with van der Waals surface area (Å²) in [5, 5.41) is -0.866. The van der Waals surface area contributed by atoms with Crippen LogP contribution in [0.5, 0.6) is 0 Å². The van der Waals surface area contributed by atoms with Crippen LogP contribution >= 0.6 is 11.6 Å². The Morgan fingerprint density at radius 1 is 0.939 bits per heavy atom. The third-order valence-corrected chi connectivity index (χ3v) is 5.66. The molecule has 2 amide bonds. The minimum Gasteiger partial charge on any atom is -0.467 e. The quantitative estimate of drug-likeness (QED) is 0.286. The van der Waals surface area contributed by atoms with Gasteiger partial charge in [-0.05, 0) is 29.7 Å². The monoisotopic (exact) mass is 468 g/mol. The van der Waals surface area contributed by atoms with Crippen molar-refractivity contribution >= 4 is 23.4 Å². The van der Waals surface area contributed by atoms with E-state index in [1.165, 1.54) is 4.90 Å². The molecule has 0 radical (unpaired) electrons. The van der Waals surface area contributed by atoms with E-state index in [4.69, 9.17) is 20.8 Å². The highest BCUT2D eigenvalue weighted by molar-refractivity contribution is 6.30. The van der Waals surface area contributed by atoms with Gasteiger partial charge in [-0.2, -0.15) is 0 Å². The highest BCUT2D eigenvalue weighted by atomic mass is 35.5. The van der Waals surface area contributed by atoms with Crippen LogP contribution in [-0.2, 0) is 27.4 Å². The summed E-state index contributed by atoms with van der Waals surface area (Å²) in [4.78, 5) is 29.8. The largest absolute Gasteiger partial charge is 0.467 e. The summed E-state index contributed by atoms with van der Waals surface area (Å²) in [7, 11) is 1.61. The number of amides is 2. The van der Waals surface area contributed by atoms with E-state index >= 15 is 0 Å². The summed E-state index contributed by atoms with van der Waals surface area (Å²) in [6.07, 6.45) is 2.18. The van der Waals surface area contributed by atoms with Crippen molar-refractivity contribution in [3.63, 3.8) is 0 Å². The first kappa shape index (κ1) is 24.6. The molecule has 2 aromatic carbocycles.